The van der Waals surface area contributed by atoms with Crippen LogP contribution in [0.5, 0.6) is 0 Å². The van der Waals surface area contributed by atoms with Crippen molar-refractivity contribution in [3.63, 3.8) is 0 Å². The zero-order valence-corrected chi connectivity index (χ0v) is 10.7. The van der Waals surface area contributed by atoms with E-state index in [-0.39, 0.29) is 6.10 Å². The molecule has 0 aromatic heterocycles. The molecular weight excluding hydrogens is 212 g/mol. The highest BCUT2D eigenvalue weighted by Crippen LogP contribution is 2.24. The first-order valence-corrected chi connectivity index (χ1v) is 6.33. The summed E-state index contributed by atoms with van der Waals surface area (Å²) in [5, 5.41) is 13.1. The average molecular weight is 234 g/mol. The quantitative estimate of drug-likeness (QED) is 0.810. The van der Waals surface area contributed by atoms with Crippen molar-refractivity contribution in [3.05, 3.63) is 29.3 Å². The van der Waals surface area contributed by atoms with E-state index in [9.17, 15) is 5.11 Å². The third-order valence-electron chi connectivity index (χ3n) is 3.22. The van der Waals surface area contributed by atoms with Gasteiger partial charge in [0.05, 0.1) is 6.10 Å². The van der Waals surface area contributed by atoms with E-state index in [0.717, 1.165) is 5.69 Å². The molecule has 1 aliphatic carbocycles. The molecule has 1 aromatic rings. The molecule has 0 radical (unpaired) electrons. The van der Waals surface area contributed by atoms with E-state index < -0.39 is 0 Å². The summed E-state index contributed by atoms with van der Waals surface area (Å²) in [6.07, 6.45) is 3.38. The lowest BCUT2D eigenvalue weighted by molar-refractivity contribution is 0.148. The minimum Gasteiger partial charge on any atom is -0.390 e. The number of likely N-dealkylation sites (N-methyl/N-ethyl adjacent to an activating group) is 1. The lowest BCUT2D eigenvalue weighted by Crippen LogP contribution is -2.31. The van der Waals surface area contributed by atoms with Gasteiger partial charge in [-0.15, -0.1) is 0 Å². The smallest absolute Gasteiger partial charge is 0.0838 e. The Kier molecular flexibility index (Phi) is 4.02. The van der Waals surface area contributed by atoms with Crippen molar-refractivity contribution >= 4 is 5.69 Å². The first kappa shape index (κ1) is 12.4. The fourth-order valence-corrected chi connectivity index (χ4v) is 2.40. The Morgan fingerprint density at radius 3 is 2.82 bits per heavy atom. The molecule has 0 saturated heterocycles. The van der Waals surface area contributed by atoms with Gasteiger partial charge in [0.15, 0.2) is 0 Å². The van der Waals surface area contributed by atoms with Gasteiger partial charge in [0, 0.05) is 18.8 Å². The van der Waals surface area contributed by atoms with Crippen LogP contribution >= 0.6 is 0 Å². The fraction of sp³-hybridized carbons (Fsp3) is 0.571. The zero-order chi connectivity index (χ0) is 12.3. The van der Waals surface area contributed by atoms with E-state index in [2.05, 4.69) is 23.5 Å². The largest absolute Gasteiger partial charge is 0.390 e. The van der Waals surface area contributed by atoms with Gasteiger partial charge in [0.1, 0.15) is 0 Å². The van der Waals surface area contributed by atoms with Crippen molar-refractivity contribution in [2.24, 2.45) is 0 Å². The highest BCUT2D eigenvalue weighted by atomic mass is 16.3. The van der Waals surface area contributed by atoms with Gasteiger partial charge in [-0.1, -0.05) is 6.07 Å². The minimum atomic E-state index is -0.321. The summed E-state index contributed by atoms with van der Waals surface area (Å²) < 4.78 is 0. The number of nitrogens with one attached hydrogen (secondary N) is 1. The van der Waals surface area contributed by atoms with E-state index in [1.165, 1.54) is 30.4 Å². The standard InChI is InChI=1S/C14H22N2O/c1-16(2)10-14(17)9-15-13-7-6-11-4-3-5-12(11)8-13/h6-8,14-15,17H,3-5,9-10H2,1-2H3. The number of hydrogen-bond donors (Lipinski definition) is 2. The average Bonchev–Trinajstić information content (AvgIpc) is 2.72. The zero-order valence-electron chi connectivity index (χ0n) is 10.7. The van der Waals surface area contributed by atoms with Gasteiger partial charge in [0.2, 0.25) is 0 Å². The molecular formula is C14H22N2O. The predicted molar refractivity (Wildman–Crippen MR) is 71.5 cm³/mol. The van der Waals surface area contributed by atoms with Crippen molar-refractivity contribution in [2.75, 3.05) is 32.5 Å². The van der Waals surface area contributed by atoms with Crippen LogP contribution in [0, 0.1) is 0 Å². The molecule has 0 saturated carbocycles. The molecule has 0 bridgehead atoms. The van der Waals surface area contributed by atoms with Crippen molar-refractivity contribution < 1.29 is 5.11 Å². The van der Waals surface area contributed by atoms with Crippen LogP contribution in [0.25, 0.3) is 0 Å². The topological polar surface area (TPSA) is 35.5 Å². The number of aliphatic hydroxyl groups excluding tert-OH is 1. The van der Waals surface area contributed by atoms with Gasteiger partial charge in [-0.3, -0.25) is 0 Å². The van der Waals surface area contributed by atoms with E-state index in [4.69, 9.17) is 0 Å². The molecule has 0 fully saturated rings. The summed E-state index contributed by atoms with van der Waals surface area (Å²) in [4.78, 5) is 2.00. The number of benzene rings is 1. The van der Waals surface area contributed by atoms with Crippen LogP contribution in [0.3, 0.4) is 0 Å². The van der Waals surface area contributed by atoms with Crippen molar-refractivity contribution in [3.8, 4) is 0 Å². The molecule has 0 amide bonds. The first-order valence-electron chi connectivity index (χ1n) is 6.33. The van der Waals surface area contributed by atoms with Crippen LogP contribution in [0.2, 0.25) is 0 Å². The van der Waals surface area contributed by atoms with Gasteiger partial charge in [0.25, 0.3) is 0 Å². The van der Waals surface area contributed by atoms with Gasteiger partial charge in [-0.2, -0.15) is 0 Å². The Bertz CT molecular complexity index is 376. The molecule has 1 aliphatic rings. The molecule has 2 N–H and O–H groups in total. The highest BCUT2D eigenvalue weighted by molar-refractivity contribution is 5.50. The molecule has 0 aliphatic heterocycles. The van der Waals surface area contributed by atoms with Gasteiger partial charge < -0.3 is 15.3 Å². The van der Waals surface area contributed by atoms with Crippen LogP contribution in [-0.2, 0) is 12.8 Å². The fourth-order valence-electron chi connectivity index (χ4n) is 2.40. The van der Waals surface area contributed by atoms with E-state index in [1.807, 2.05) is 19.0 Å². The van der Waals surface area contributed by atoms with Crippen molar-refractivity contribution in [2.45, 2.75) is 25.4 Å². The monoisotopic (exact) mass is 234 g/mol. The van der Waals surface area contributed by atoms with Gasteiger partial charge in [-0.05, 0) is 56.6 Å². The normalized spacial score (nSPS) is 16.0. The maximum Gasteiger partial charge on any atom is 0.0838 e. The van der Waals surface area contributed by atoms with Gasteiger partial charge >= 0.3 is 0 Å². The predicted octanol–water partition coefficient (Wildman–Crippen LogP) is 1.51. The van der Waals surface area contributed by atoms with Crippen molar-refractivity contribution in [1.29, 1.82) is 0 Å². The number of nitrogens with zero attached hydrogens (tertiary/aromatic N) is 1. The third kappa shape index (κ3) is 3.45. The van der Waals surface area contributed by atoms with Crippen LogP contribution in [0.1, 0.15) is 17.5 Å². The molecule has 2 rings (SSSR count). The second-order valence-corrected chi connectivity index (χ2v) is 5.13. The second-order valence-electron chi connectivity index (χ2n) is 5.13. The number of rotatable bonds is 5. The first-order chi connectivity index (χ1) is 8.15. The Morgan fingerprint density at radius 2 is 2.06 bits per heavy atom. The number of aliphatic hydroxyl groups is 1. The Hall–Kier alpha value is -1.06. The summed E-state index contributed by atoms with van der Waals surface area (Å²) in [5.41, 5.74) is 4.09. The second kappa shape index (κ2) is 5.52. The maximum atomic E-state index is 9.77. The highest BCUT2D eigenvalue weighted by Gasteiger charge is 2.11. The Labute approximate surface area is 103 Å². The summed E-state index contributed by atoms with van der Waals surface area (Å²) in [5.74, 6) is 0. The summed E-state index contributed by atoms with van der Waals surface area (Å²) >= 11 is 0. The summed E-state index contributed by atoms with van der Waals surface area (Å²) in [7, 11) is 3.94. The van der Waals surface area contributed by atoms with Crippen LogP contribution < -0.4 is 5.32 Å². The molecule has 3 nitrogen and oxygen atoms in total. The molecule has 1 atom stereocenters. The Balaban J connectivity index is 1.87. The van der Waals surface area contributed by atoms with Crippen LogP contribution in [0.4, 0.5) is 5.69 Å². The Morgan fingerprint density at radius 1 is 1.29 bits per heavy atom. The number of hydrogen-bond acceptors (Lipinski definition) is 3. The molecule has 3 heteroatoms. The maximum absolute atomic E-state index is 9.77. The number of aryl methyl sites for hydroxylation is 2. The lowest BCUT2D eigenvalue weighted by Gasteiger charge is -2.17. The summed E-state index contributed by atoms with van der Waals surface area (Å²) in [6.45, 7) is 1.30. The number of fused-ring (bicyclic) bond motifs is 1. The van der Waals surface area contributed by atoms with Gasteiger partial charge in [-0.25, -0.2) is 0 Å². The van der Waals surface area contributed by atoms with E-state index in [0.29, 0.717) is 13.1 Å². The molecule has 0 spiro atoms. The third-order valence-corrected chi connectivity index (χ3v) is 3.22. The van der Waals surface area contributed by atoms with E-state index >= 15 is 0 Å². The number of anilines is 1. The molecule has 94 valence electrons. The van der Waals surface area contributed by atoms with Crippen molar-refractivity contribution in [1.82, 2.24) is 4.90 Å². The molecule has 17 heavy (non-hydrogen) atoms. The van der Waals surface area contributed by atoms with Crippen LogP contribution in [-0.4, -0.2) is 43.3 Å². The molecule has 1 unspecified atom stereocenters. The van der Waals surface area contributed by atoms with Crippen LogP contribution in [0.15, 0.2) is 18.2 Å². The summed E-state index contributed by atoms with van der Waals surface area (Å²) in [6, 6.07) is 6.56. The SMILES string of the molecule is CN(C)CC(O)CNc1ccc2c(c1)CCC2. The van der Waals surface area contributed by atoms with E-state index in [1.54, 1.807) is 0 Å². The molecule has 0 heterocycles. The minimum absolute atomic E-state index is 0.321. The lowest BCUT2D eigenvalue weighted by atomic mass is 10.1. The molecule has 1 aromatic carbocycles.